The standard InChI is InChI=1S/C19H20N2O4/c1-19(2,3)25-18(24)21-15-8-9-20-11-14(15)13-6-4-12(10-16(13)21)5-7-17(22)23/h4,6,8-11H,5,7H2,1-3H3,(H,22,23). The molecule has 6 nitrogen and oxygen atoms in total. The zero-order valence-electron chi connectivity index (χ0n) is 14.4. The number of aryl methyl sites for hydroxylation is 1. The first-order valence-electron chi connectivity index (χ1n) is 8.08. The summed E-state index contributed by atoms with van der Waals surface area (Å²) in [5, 5.41) is 10.6. The van der Waals surface area contributed by atoms with Crippen LogP contribution in [-0.2, 0) is 16.0 Å². The molecule has 0 amide bonds. The van der Waals surface area contributed by atoms with Crippen LogP contribution in [0.4, 0.5) is 4.79 Å². The second-order valence-electron chi connectivity index (χ2n) is 6.95. The van der Waals surface area contributed by atoms with Crippen LogP contribution in [-0.4, -0.2) is 32.3 Å². The number of carboxylic acids is 1. The third-order valence-electron chi connectivity index (χ3n) is 3.84. The SMILES string of the molecule is CC(C)(C)OC(=O)n1c2ccncc2c2ccc(CCC(=O)O)cc21. The maximum Gasteiger partial charge on any atom is 0.419 e. The van der Waals surface area contributed by atoms with Gasteiger partial charge in [-0.2, -0.15) is 0 Å². The summed E-state index contributed by atoms with van der Waals surface area (Å²) in [6, 6.07) is 7.41. The lowest BCUT2D eigenvalue weighted by molar-refractivity contribution is -0.136. The molecule has 2 aromatic heterocycles. The molecule has 3 rings (SSSR count). The molecule has 130 valence electrons. The van der Waals surface area contributed by atoms with Gasteiger partial charge in [0.2, 0.25) is 0 Å². The summed E-state index contributed by atoms with van der Waals surface area (Å²) in [5.41, 5.74) is 1.65. The van der Waals surface area contributed by atoms with Gasteiger partial charge in [0.25, 0.3) is 0 Å². The van der Waals surface area contributed by atoms with Crippen molar-refractivity contribution in [3.63, 3.8) is 0 Å². The first-order valence-corrected chi connectivity index (χ1v) is 8.08. The molecule has 0 saturated heterocycles. The molecule has 0 aliphatic rings. The molecular weight excluding hydrogens is 320 g/mol. The molecule has 25 heavy (non-hydrogen) atoms. The minimum Gasteiger partial charge on any atom is -0.481 e. The first-order chi connectivity index (χ1) is 11.8. The third kappa shape index (κ3) is 3.47. The Hall–Kier alpha value is -2.89. The van der Waals surface area contributed by atoms with Crippen LogP contribution in [0.3, 0.4) is 0 Å². The Bertz CT molecular complexity index is 967. The number of aliphatic carboxylic acids is 1. The average Bonchev–Trinajstić information content (AvgIpc) is 2.85. The summed E-state index contributed by atoms with van der Waals surface area (Å²) in [4.78, 5) is 27.7. The molecule has 0 unspecified atom stereocenters. The molecule has 0 saturated carbocycles. The van der Waals surface area contributed by atoms with Crippen molar-refractivity contribution in [2.75, 3.05) is 0 Å². The van der Waals surface area contributed by atoms with Gasteiger partial charge in [0, 0.05) is 29.6 Å². The van der Waals surface area contributed by atoms with Crippen LogP contribution < -0.4 is 0 Å². The fraction of sp³-hybridized carbons (Fsp3) is 0.316. The first kappa shape index (κ1) is 17.0. The van der Waals surface area contributed by atoms with Gasteiger partial charge in [0.05, 0.1) is 11.0 Å². The van der Waals surface area contributed by atoms with E-state index in [-0.39, 0.29) is 6.42 Å². The predicted octanol–water partition coefficient (Wildman–Crippen LogP) is 3.99. The smallest absolute Gasteiger partial charge is 0.419 e. The Labute approximate surface area is 145 Å². The lowest BCUT2D eigenvalue weighted by Crippen LogP contribution is -2.27. The fourth-order valence-electron chi connectivity index (χ4n) is 2.82. The third-order valence-corrected chi connectivity index (χ3v) is 3.84. The van der Waals surface area contributed by atoms with E-state index in [1.807, 2.05) is 39.0 Å². The van der Waals surface area contributed by atoms with Crippen LogP contribution in [0.5, 0.6) is 0 Å². The maximum absolute atomic E-state index is 12.8. The van der Waals surface area contributed by atoms with Crippen molar-refractivity contribution >= 4 is 33.9 Å². The van der Waals surface area contributed by atoms with Gasteiger partial charge >= 0.3 is 12.1 Å². The number of pyridine rings is 1. The van der Waals surface area contributed by atoms with Gasteiger partial charge in [-0.15, -0.1) is 0 Å². The second kappa shape index (κ2) is 6.20. The second-order valence-corrected chi connectivity index (χ2v) is 6.95. The summed E-state index contributed by atoms with van der Waals surface area (Å²) in [6.45, 7) is 5.45. The number of hydrogen-bond acceptors (Lipinski definition) is 4. The fourth-order valence-corrected chi connectivity index (χ4v) is 2.82. The van der Waals surface area contributed by atoms with E-state index in [1.165, 1.54) is 4.57 Å². The zero-order valence-corrected chi connectivity index (χ0v) is 14.4. The molecule has 1 aromatic carbocycles. The van der Waals surface area contributed by atoms with E-state index in [0.717, 1.165) is 21.9 Å². The monoisotopic (exact) mass is 340 g/mol. The van der Waals surface area contributed by atoms with Crippen LogP contribution in [0.1, 0.15) is 32.8 Å². The van der Waals surface area contributed by atoms with E-state index < -0.39 is 17.7 Å². The van der Waals surface area contributed by atoms with Crippen molar-refractivity contribution < 1.29 is 19.4 Å². The van der Waals surface area contributed by atoms with E-state index in [0.29, 0.717) is 11.9 Å². The number of rotatable bonds is 3. The number of aromatic nitrogens is 2. The minimum absolute atomic E-state index is 0.0414. The zero-order chi connectivity index (χ0) is 18.2. The average molecular weight is 340 g/mol. The molecule has 0 radical (unpaired) electrons. The number of nitrogens with zero attached hydrogens (tertiary/aromatic N) is 2. The van der Waals surface area contributed by atoms with Crippen molar-refractivity contribution in [2.24, 2.45) is 0 Å². The number of ether oxygens (including phenoxy) is 1. The van der Waals surface area contributed by atoms with Crippen molar-refractivity contribution in [1.82, 2.24) is 9.55 Å². The molecule has 0 bridgehead atoms. The van der Waals surface area contributed by atoms with Crippen molar-refractivity contribution in [1.29, 1.82) is 0 Å². The van der Waals surface area contributed by atoms with E-state index >= 15 is 0 Å². The Morgan fingerprint density at radius 3 is 2.60 bits per heavy atom. The highest BCUT2D eigenvalue weighted by Gasteiger charge is 2.22. The number of hydrogen-bond donors (Lipinski definition) is 1. The van der Waals surface area contributed by atoms with Gasteiger partial charge in [-0.3, -0.25) is 9.78 Å². The molecule has 0 aliphatic heterocycles. The molecule has 1 N–H and O–H groups in total. The van der Waals surface area contributed by atoms with Crippen LogP contribution in [0, 0.1) is 0 Å². The van der Waals surface area contributed by atoms with Crippen LogP contribution in [0.2, 0.25) is 0 Å². The van der Waals surface area contributed by atoms with E-state index in [2.05, 4.69) is 4.98 Å². The largest absolute Gasteiger partial charge is 0.481 e. The highest BCUT2D eigenvalue weighted by Crippen LogP contribution is 2.30. The normalized spacial score (nSPS) is 11.8. The molecule has 0 aliphatic carbocycles. The Morgan fingerprint density at radius 2 is 1.92 bits per heavy atom. The van der Waals surface area contributed by atoms with E-state index in [4.69, 9.17) is 9.84 Å². The molecule has 2 heterocycles. The Morgan fingerprint density at radius 1 is 1.16 bits per heavy atom. The molecule has 6 heteroatoms. The Balaban J connectivity index is 2.17. The summed E-state index contributed by atoms with van der Waals surface area (Å²) in [7, 11) is 0. The van der Waals surface area contributed by atoms with Gasteiger partial charge in [-0.25, -0.2) is 9.36 Å². The molecule has 0 fully saturated rings. The summed E-state index contributed by atoms with van der Waals surface area (Å²) in [6.07, 6.45) is 3.33. The maximum atomic E-state index is 12.8. The number of carboxylic acid groups (broad SMARTS) is 1. The number of benzene rings is 1. The summed E-state index contributed by atoms with van der Waals surface area (Å²) in [5.74, 6) is -0.850. The molecular formula is C19H20N2O4. The van der Waals surface area contributed by atoms with Crippen molar-refractivity contribution in [3.05, 3.63) is 42.2 Å². The van der Waals surface area contributed by atoms with Crippen LogP contribution in [0.15, 0.2) is 36.7 Å². The summed E-state index contributed by atoms with van der Waals surface area (Å²) < 4.78 is 7.08. The number of fused-ring (bicyclic) bond motifs is 3. The lowest BCUT2D eigenvalue weighted by Gasteiger charge is -2.20. The highest BCUT2D eigenvalue weighted by atomic mass is 16.6. The number of carbonyl (C=O) groups is 2. The van der Waals surface area contributed by atoms with E-state index in [9.17, 15) is 9.59 Å². The Kier molecular flexibility index (Phi) is 4.20. The van der Waals surface area contributed by atoms with Gasteiger partial charge in [-0.05, 0) is 44.9 Å². The van der Waals surface area contributed by atoms with Gasteiger partial charge in [0.15, 0.2) is 0 Å². The molecule has 0 atom stereocenters. The van der Waals surface area contributed by atoms with E-state index in [1.54, 1.807) is 18.5 Å². The predicted molar refractivity (Wildman–Crippen MR) is 94.8 cm³/mol. The van der Waals surface area contributed by atoms with Gasteiger partial charge < -0.3 is 9.84 Å². The molecule has 3 aromatic rings. The minimum atomic E-state index is -0.850. The van der Waals surface area contributed by atoms with Crippen molar-refractivity contribution in [3.8, 4) is 0 Å². The van der Waals surface area contributed by atoms with Crippen LogP contribution >= 0.6 is 0 Å². The molecule has 0 spiro atoms. The quantitative estimate of drug-likeness (QED) is 0.779. The lowest BCUT2D eigenvalue weighted by atomic mass is 10.1. The summed E-state index contributed by atoms with van der Waals surface area (Å²) >= 11 is 0. The van der Waals surface area contributed by atoms with Crippen LogP contribution in [0.25, 0.3) is 21.8 Å². The number of carbonyl (C=O) groups excluding carboxylic acids is 1. The van der Waals surface area contributed by atoms with Crippen molar-refractivity contribution in [2.45, 2.75) is 39.2 Å². The topological polar surface area (TPSA) is 81.4 Å². The van der Waals surface area contributed by atoms with Gasteiger partial charge in [0.1, 0.15) is 5.60 Å². The van der Waals surface area contributed by atoms with Gasteiger partial charge in [-0.1, -0.05) is 12.1 Å². The highest BCUT2D eigenvalue weighted by molar-refractivity contribution is 6.12.